The molecule has 1 saturated heterocycles. The fourth-order valence-electron chi connectivity index (χ4n) is 2.13. The van der Waals surface area contributed by atoms with Gasteiger partial charge in [-0.1, -0.05) is 30.3 Å². The number of nitriles is 1. The molecule has 19 heavy (non-hydrogen) atoms. The van der Waals surface area contributed by atoms with Crippen molar-refractivity contribution < 1.29 is 14.6 Å². The van der Waals surface area contributed by atoms with Gasteiger partial charge >= 0.3 is 6.09 Å². The maximum atomic E-state index is 11.8. The first-order valence-corrected chi connectivity index (χ1v) is 6.21. The molecule has 5 nitrogen and oxygen atoms in total. The minimum Gasteiger partial charge on any atom is -0.445 e. The molecule has 1 heterocycles. The van der Waals surface area contributed by atoms with Crippen LogP contribution >= 0.6 is 0 Å². The van der Waals surface area contributed by atoms with Crippen molar-refractivity contribution in [2.45, 2.75) is 19.1 Å². The van der Waals surface area contributed by atoms with E-state index in [1.807, 2.05) is 36.4 Å². The molecule has 100 valence electrons. The average molecular weight is 260 g/mol. The van der Waals surface area contributed by atoms with Crippen LogP contribution in [0.1, 0.15) is 12.0 Å². The van der Waals surface area contributed by atoms with Crippen molar-refractivity contribution in [2.75, 3.05) is 13.1 Å². The summed E-state index contributed by atoms with van der Waals surface area (Å²) in [6.45, 7) is 0.831. The zero-order valence-electron chi connectivity index (χ0n) is 10.5. The van der Waals surface area contributed by atoms with E-state index in [0.29, 0.717) is 6.54 Å². The topological polar surface area (TPSA) is 73.6 Å². The summed E-state index contributed by atoms with van der Waals surface area (Å²) in [6, 6.07) is 11.4. The predicted octanol–water partition coefficient (Wildman–Crippen LogP) is 1.53. The Bertz CT molecular complexity index is 469. The number of amides is 1. The molecule has 1 amide bonds. The summed E-state index contributed by atoms with van der Waals surface area (Å²) in [4.78, 5) is 13.3. The molecule has 0 bridgehead atoms. The molecule has 1 fully saturated rings. The molecule has 1 aromatic rings. The smallest absolute Gasteiger partial charge is 0.410 e. The fraction of sp³-hybridized carbons (Fsp3) is 0.429. The molecule has 1 N–H and O–H groups in total. The number of carbonyl (C=O) groups excluding carboxylic acids is 1. The first kappa shape index (κ1) is 13.4. The number of β-amino-alcohol motifs (C(OH)–C–C–N with tert-alkyl or cyclic N) is 1. The Morgan fingerprint density at radius 3 is 2.84 bits per heavy atom. The van der Waals surface area contributed by atoms with Crippen molar-refractivity contribution in [3.8, 4) is 6.07 Å². The maximum Gasteiger partial charge on any atom is 0.410 e. The lowest BCUT2D eigenvalue weighted by atomic mass is 10.0. The second-order valence-electron chi connectivity index (χ2n) is 4.63. The average Bonchev–Trinajstić information content (AvgIpc) is 2.79. The highest BCUT2D eigenvalue weighted by Gasteiger charge is 2.34. The van der Waals surface area contributed by atoms with Crippen LogP contribution < -0.4 is 0 Å². The highest BCUT2D eigenvalue weighted by molar-refractivity contribution is 5.68. The van der Waals surface area contributed by atoms with E-state index in [1.165, 1.54) is 4.90 Å². The predicted molar refractivity (Wildman–Crippen MR) is 67.9 cm³/mol. The van der Waals surface area contributed by atoms with Crippen molar-refractivity contribution in [1.82, 2.24) is 4.90 Å². The van der Waals surface area contributed by atoms with Crippen LogP contribution in [0.5, 0.6) is 0 Å². The van der Waals surface area contributed by atoms with E-state index in [-0.39, 0.29) is 25.5 Å². The number of benzene rings is 1. The fourth-order valence-corrected chi connectivity index (χ4v) is 2.13. The monoisotopic (exact) mass is 260 g/mol. The van der Waals surface area contributed by atoms with Crippen LogP contribution in [0.25, 0.3) is 0 Å². The number of likely N-dealkylation sites (tertiary alicyclic amines) is 1. The molecular weight excluding hydrogens is 244 g/mol. The molecule has 1 aliphatic heterocycles. The number of hydrogen-bond acceptors (Lipinski definition) is 4. The van der Waals surface area contributed by atoms with Crippen molar-refractivity contribution in [3.05, 3.63) is 35.9 Å². The minimum absolute atomic E-state index is 0.172. The molecule has 0 spiro atoms. The summed E-state index contributed by atoms with van der Waals surface area (Å²) in [5.41, 5.74) is 0.921. The largest absolute Gasteiger partial charge is 0.445 e. The summed E-state index contributed by atoms with van der Waals surface area (Å²) >= 11 is 0. The van der Waals surface area contributed by atoms with Crippen LogP contribution in [-0.2, 0) is 11.3 Å². The van der Waals surface area contributed by atoms with Gasteiger partial charge in [0.2, 0.25) is 0 Å². The van der Waals surface area contributed by atoms with Crippen LogP contribution in [0.2, 0.25) is 0 Å². The second-order valence-corrected chi connectivity index (χ2v) is 4.63. The Labute approximate surface area is 112 Å². The molecule has 2 rings (SSSR count). The Balaban J connectivity index is 1.83. The maximum absolute atomic E-state index is 11.8. The van der Waals surface area contributed by atoms with Crippen LogP contribution in [0.3, 0.4) is 0 Å². The van der Waals surface area contributed by atoms with E-state index in [4.69, 9.17) is 10.00 Å². The molecule has 0 aliphatic carbocycles. The summed E-state index contributed by atoms with van der Waals surface area (Å²) in [5, 5.41) is 18.3. The SMILES string of the molecule is N#CC[C@@H]1CN(C(=O)OCc2ccccc2)C[C@H]1O. The molecule has 2 atom stereocenters. The van der Waals surface area contributed by atoms with Gasteiger partial charge in [-0.15, -0.1) is 0 Å². The van der Waals surface area contributed by atoms with Crippen LogP contribution in [0, 0.1) is 17.2 Å². The van der Waals surface area contributed by atoms with Crippen LogP contribution in [0.15, 0.2) is 30.3 Å². The first-order valence-electron chi connectivity index (χ1n) is 6.21. The summed E-state index contributed by atoms with van der Waals surface area (Å²) < 4.78 is 5.18. The van der Waals surface area contributed by atoms with Gasteiger partial charge in [0.1, 0.15) is 6.61 Å². The Kier molecular flexibility index (Phi) is 4.37. The number of aliphatic hydroxyl groups excluding tert-OH is 1. The third-order valence-electron chi connectivity index (χ3n) is 3.22. The van der Waals surface area contributed by atoms with Gasteiger partial charge in [0.25, 0.3) is 0 Å². The number of aliphatic hydroxyl groups is 1. The van der Waals surface area contributed by atoms with Crippen LogP contribution in [-0.4, -0.2) is 35.3 Å². The molecule has 1 aliphatic rings. The lowest BCUT2D eigenvalue weighted by Crippen LogP contribution is -2.30. The first-order chi connectivity index (χ1) is 9.20. The molecule has 0 radical (unpaired) electrons. The van der Waals surface area contributed by atoms with E-state index in [1.54, 1.807) is 0 Å². The molecular formula is C14H16N2O3. The summed E-state index contributed by atoms with van der Waals surface area (Å²) in [5.74, 6) is -0.172. The van der Waals surface area contributed by atoms with Crippen molar-refractivity contribution in [3.63, 3.8) is 0 Å². The number of carbonyl (C=O) groups is 1. The molecule has 5 heteroatoms. The zero-order chi connectivity index (χ0) is 13.7. The van der Waals surface area contributed by atoms with Gasteiger partial charge in [0.05, 0.1) is 18.7 Å². The Morgan fingerprint density at radius 1 is 1.42 bits per heavy atom. The molecule has 0 saturated carbocycles. The highest BCUT2D eigenvalue weighted by atomic mass is 16.6. The minimum atomic E-state index is -0.635. The summed E-state index contributed by atoms with van der Waals surface area (Å²) in [7, 11) is 0. The number of hydrogen-bond donors (Lipinski definition) is 1. The van der Waals surface area contributed by atoms with Gasteiger partial charge in [-0.2, -0.15) is 5.26 Å². The van der Waals surface area contributed by atoms with Gasteiger partial charge in [0, 0.05) is 18.9 Å². The second kappa shape index (κ2) is 6.21. The Morgan fingerprint density at radius 2 is 2.16 bits per heavy atom. The van der Waals surface area contributed by atoms with Crippen molar-refractivity contribution in [1.29, 1.82) is 5.26 Å². The number of rotatable bonds is 3. The lowest BCUT2D eigenvalue weighted by Gasteiger charge is -2.15. The van der Waals surface area contributed by atoms with Crippen LogP contribution in [0.4, 0.5) is 4.79 Å². The van der Waals surface area contributed by atoms with E-state index < -0.39 is 12.2 Å². The standard InChI is InChI=1S/C14H16N2O3/c15-7-6-12-8-16(9-13(12)17)14(18)19-10-11-4-2-1-3-5-11/h1-5,12-13,17H,6,8-10H2/t12-,13-/m1/s1. The lowest BCUT2D eigenvalue weighted by molar-refractivity contribution is 0.0967. The summed E-state index contributed by atoms with van der Waals surface area (Å²) in [6.07, 6.45) is -0.823. The van der Waals surface area contributed by atoms with E-state index >= 15 is 0 Å². The molecule has 0 aromatic heterocycles. The van der Waals surface area contributed by atoms with E-state index in [2.05, 4.69) is 0 Å². The number of ether oxygens (including phenoxy) is 1. The van der Waals surface area contributed by atoms with Gasteiger partial charge in [0.15, 0.2) is 0 Å². The van der Waals surface area contributed by atoms with Gasteiger partial charge in [-0.25, -0.2) is 4.79 Å². The van der Waals surface area contributed by atoms with Gasteiger partial charge in [-0.05, 0) is 5.56 Å². The zero-order valence-corrected chi connectivity index (χ0v) is 10.5. The van der Waals surface area contributed by atoms with Crippen molar-refractivity contribution >= 4 is 6.09 Å². The molecule has 1 aromatic carbocycles. The van der Waals surface area contributed by atoms with Gasteiger partial charge in [-0.3, -0.25) is 0 Å². The van der Waals surface area contributed by atoms with Gasteiger partial charge < -0.3 is 14.7 Å². The third kappa shape index (κ3) is 3.46. The van der Waals surface area contributed by atoms with Crippen molar-refractivity contribution in [2.24, 2.45) is 5.92 Å². The molecule has 0 unspecified atom stereocenters. The Hall–Kier alpha value is -2.06. The third-order valence-corrected chi connectivity index (χ3v) is 3.22. The van der Waals surface area contributed by atoms with E-state index in [9.17, 15) is 9.90 Å². The normalized spacial score (nSPS) is 22.0. The number of nitrogens with zero attached hydrogens (tertiary/aromatic N) is 2. The van der Waals surface area contributed by atoms with E-state index in [0.717, 1.165) is 5.56 Å². The highest BCUT2D eigenvalue weighted by Crippen LogP contribution is 2.20. The quantitative estimate of drug-likeness (QED) is 0.894.